The first kappa shape index (κ1) is 27.6. The SMILES string of the molecule is CCC(C)C(N)C(=O)NC(CC(N)=O)C(=O)NC(C(=O)NC(CS)C(=O)O)C(C)O. The van der Waals surface area contributed by atoms with Crippen LogP contribution in [0.2, 0.25) is 0 Å². The van der Waals surface area contributed by atoms with Gasteiger partial charge in [0.15, 0.2) is 0 Å². The van der Waals surface area contributed by atoms with Gasteiger partial charge in [0.2, 0.25) is 23.6 Å². The molecule has 6 unspecified atom stereocenters. The lowest BCUT2D eigenvalue weighted by atomic mass is 9.99. The number of carbonyl (C=O) groups is 5. The molecular formula is C17H31N5O7S. The van der Waals surface area contributed by atoms with Crippen LogP contribution in [0.1, 0.15) is 33.6 Å². The van der Waals surface area contributed by atoms with E-state index in [1.54, 1.807) is 6.92 Å². The van der Waals surface area contributed by atoms with E-state index in [4.69, 9.17) is 16.6 Å². The van der Waals surface area contributed by atoms with Gasteiger partial charge in [-0.1, -0.05) is 20.3 Å². The average Bonchev–Trinajstić information content (AvgIpc) is 2.66. The zero-order valence-corrected chi connectivity index (χ0v) is 18.0. The van der Waals surface area contributed by atoms with Gasteiger partial charge in [-0.2, -0.15) is 12.6 Å². The molecule has 0 heterocycles. The van der Waals surface area contributed by atoms with Crippen molar-refractivity contribution in [2.75, 3.05) is 5.75 Å². The number of primary amides is 1. The molecule has 0 aliphatic carbocycles. The maximum Gasteiger partial charge on any atom is 0.327 e. The standard InChI is InChI=1S/C17H31N5O7S/c1-4-7(2)12(19)15(26)20-9(5-11(18)24)14(25)22-13(8(3)23)16(27)21-10(6-30)17(28)29/h7-10,12-13,23,30H,4-6,19H2,1-3H3,(H2,18,24)(H,20,26)(H,21,27)(H,22,25)(H,28,29). The van der Waals surface area contributed by atoms with Crippen LogP contribution in [-0.4, -0.2) is 75.8 Å². The first-order valence-electron chi connectivity index (χ1n) is 9.32. The number of thiol groups is 1. The zero-order valence-electron chi connectivity index (χ0n) is 17.1. The predicted octanol–water partition coefficient (Wildman–Crippen LogP) is -2.92. The lowest BCUT2D eigenvalue weighted by Crippen LogP contribution is -2.60. The molecule has 0 saturated carbocycles. The molecule has 0 radical (unpaired) electrons. The van der Waals surface area contributed by atoms with Crippen LogP contribution in [0.5, 0.6) is 0 Å². The number of carboxylic acid groups (broad SMARTS) is 1. The number of carbonyl (C=O) groups excluding carboxylic acids is 4. The predicted molar refractivity (Wildman–Crippen MR) is 110 cm³/mol. The summed E-state index contributed by atoms with van der Waals surface area (Å²) in [7, 11) is 0. The fourth-order valence-corrected chi connectivity index (χ4v) is 2.54. The number of hydrogen-bond acceptors (Lipinski definition) is 8. The van der Waals surface area contributed by atoms with Gasteiger partial charge in [0, 0.05) is 5.75 Å². The summed E-state index contributed by atoms with van der Waals surface area (Å²) in [6, 6.07) is -5.30. The van der Waals surface area contributed by atoms with Gasteiger partial charge in [0.1, 0.15) is 18.1 Å². The van der Waals surface area contributed by atoms with Crippen LogP contribution in [0.4, 0.5) is 0 Å². The van der Waals surface area contributed by atoms with Gasteiger partial charge in [0.05, 0.1) is 18.6 Å². The quantitative estimate of drug-likeness (QED) is 0.136. The van der Waals surface area contributed by atoms with Crippen molar-refractivity contribution in [2.45, 2.75) is 63.9 Å². The van der Waals surface area contributed by atoms with Crippen molar-refractivity contribution in [1.82, 2.24) is 16.0 Å². The van der Waals surface area contributed by atoms with Crippen molar-refractivity contribution in [2.24, 2.45) is 17.4 Å². The van der Waals surface area contributed by atoms with E-state index in [0.717, 1.165) is 0 Å². The lowest BCUT2D eigenvalue weighted by molar-refractivity contribution is -0.142. The Kier molecular flexibility index (Phi) is 12.0. The Balaban J connectivity index is 5.40. The maximum atomic E-state index is 12.6. The summed E-state index contributed by atoms with van der Waals surface area (Å²) in [5.41, 5.74) is 11.0. The van der Waals surface area contributed by atoms with Gasteiger partial charge in [-0.3, -0.25) is 19.2 Å². The lowest BCUT2D eigenvalue weighted by Gasteiger charge is -2.26. The zero-order chi connectivity index (χ0) is 23.6. The van der Waals surface area contributed by atoms with Crippen molar-refractivity contribution in [3.8, 4) is 0 Å². The van der Waals surface area contributed by atoms with Gasteiger partial charge >= 0.3 is 5.97 Å². The van der Waals surface area contributed by atoms with Crippen LogP contribution in [0, 0.1) is 5.92 Å². The summed E-state index contributed by atoms with van der Waals surface area (Å²) in [6.45, 7) is 4.76. The smallest absolute Gasteiger partial charge is 0.327 e. The van der Waals surface area contributed by atoms with E-state index in [2.05, 4.69) is 28.6 Å². The number of carboxylic acids is 1. The highest BCUT2D eigenvalue weighted by Gasteiger charge is 2.33. The summed E-state index contributed by atoms with van der Waals surface area (Å²) >= 11 is 3.81. The minimum absolute atomic E-state index is 0.201. The summed E-state index contributed by atoms with van der Waals surface area (Å²) < 4.78 is 0. The second-order valence-corrected chi connectivity index (χ2v) is 7.32. The van der Waals surface area contributed by atoms with E-state index in [0.29, 0.717) is 6.42 Å². The Morgan fingerprint density at radius 3 is 1.90 bits per heavy atom. The first-order valence-corrected chi connectivity index (χ1v) is 9.95. The van der Waals surface area contributed by atoms with E-state index >= 15 is 0 Å². The Bertz CT molecular complexity index is 646. The molecule has 0 aliphatic rings. The fourth-order valence-electron chi connectivity index (χ4n) is 2.30. The topological polar surface area (TPSA) is 214 Å². The van der Waals surface area contributed by atoms with Crippen molar-refractivity contribution < 1.29 is 34.2 Å². The molecular weight excluding hydrogens is 418 g/mol. The van der Waals surface area contributed by atoms with Crippen LogP contribution in [0.15, 0.2) is 0 Å². The number of nitrogens with two attached hydrogens (primary N) is 2. The summed E-state index contributed by atoms with van der Waals surface area (Å²) in [4.78, 5) is 59.6. The van der Waals surface area contributed by atoms with Crippen molar-refractivity contribution in [3.63, 3.8) is 0 Å². The largest absolute Gasteiger partial charge is 0.480 e. The second kappa shape index (κ2) is 13.0. The third-order valence-corrected chi connectivity index (χ3v) is 4.82. The van der Waals surface area contributed by atoms with E-state index in [-0.39, 0.29) is 11.7 Å². The average molecular weight is 450 g/mol. The molecule has 0 bridgehead atoms. The normalized spacial score (nSPS) is 16.9. The maximum absolute atomic E-state index is 12.6. The molecule has 172 valence electrons. The monoisotopic (exact) mass is 449 g/mol. The highest BCUT2D eigenvalue weighted by Crippen LogP contribution is 2.06. The van der Waals surface area contributed by atoms with E-state index in [1.807, 2.05) is 6.92 Å². The molecule has 12 nitrogen and oxygen atoms in total. The number of rotatable bonds is 13. The van der Waals surface area contributed by atoms with Crippen LogP contribution in [0.3, 0.4) is 0 Å². The second-order valence-electron chi connectivity index (χ2n) is 6.95. The van der Waals surface area contributed by atoms with Crippen molar-refractivity contribution in [1.29, 1.82) is 0 Å². The summed E-state index contributed by atoms with van der Waals surface area (Å²) in [5, 5.41) is 25.5. The molecule has 6 atom stereocenters. The Labute approximate surface area is 179 Å². The van der Waals surface area contributed by atoms with Crippen LogP contribution >= 0.6 is 12.6 Å². The highest BCUT2D eigenvalue weighted by molar-refractivity contribution is 7.80. The molecule has 0 spiro atoms. The Morgan fingerprint density at radius 1 is 0.967 bits per heavy atom. The fraction of sp³-hybridized carbons (Fsp3) is 0.706. The number of aliphatic hydroxyl groups excluding tert-OH is 1. The van der Waals surface area contributed by atoms with Gasteiger partial charge in [-0.25, -0.2) is 4.79 Å². The van der Waals surface area contributed by atoms with Gasteiger partial charge in [0.25, 0.3) is 0 Å². The number of nitrogens with one attached hydrogen (secondary N) is 3. The molecule has 9 N–H and O–H groups in total. The van der Waals surface area contributed by atoms with Gasteiger partial charge < -0.3 is 37.6 Å². The molecule has 0 rings (SSSR count). The molecule has 30 heavy (non-hydrogen) atoms. The molecule has 0 fully saturated rings. The number of aliphatic carboxylic acids is 1. The number of aliphatic hydroxyl groups is 1. The Morgan fingerprint density at radius 2 is 1.50 bits per heavy atom. The van der Waals surface area contributed by atoms with Crippen molar-refractivity contribution >= 4 is 42.2 Å². The summed E-state index contributed by atoms with van der Waals surface area (Å²) in [6.07, 6.45) is -1.40. The van der Waals surface area contributed by atoms with Crippen LogP contribution in [0.25, 0.3) is 0 Å². The number of hydrogen-bond donors (Lipinski definition) is 8. The third kappa shape index (κ3) is 8.97. The molecule has 4 amide bonds. The molecule has 0 aromatic carbocycles. The Hall–Kier alpha value is -2.38. The summed E-state index contributed by atoms with van der Waals surface area (Å²) in [5.74, 6) is -5.33. The highest BCUT2D eigenvalue weighted by atomic mass is 32.1. The molecule has 0 aromatic rings. The number of amides is 4. The van der Waals surface area contributed by atoms with Crippen LogP contribution < -0.4 is 27.4 Å². The van der Waals surface area contributed by atoms with E-state index in [9.17, 15) is 29.1 Å². The molecule has 13 heteroatoms. The molecule has 0 saturated heterocycles. The van der Waals surface area contributed by atoms with Gasteiger partial charge in [-0.05, 0) is 12.8 Å². The third-order valence-electron chi connectivity index (χ3n) is 4.46. The molecule has 0 aliphatic heterocycles. The van der Waals surface area contributed by atoms with E-state index in [1.165, 1.54) is 6.92 Å². The first-order chi connectivity index (χ1) is 13.8. The van der Waals surface area contributed by atoms with Gasteiger partial charge in [-0.15, -0.1) is 0 Å². The minimum atomic E-state index is -1.56. The van der Waals surface area contributed by atoms with E-state index < -0.39 is 66.3 Å². The van der Waals surface area contributed by atoms with Crippen LogP contribution in [-0.2, 0) is 24.0 Å². The van der Waals surface area contributed by atoms with Crippen molar-refractivity contribution in [3.05, 3.63) is 0 Å². The molecule has 0 aromatic heterocycles. The minimum Gasteiger partial charge on any atom is -0.480 e.